The van der Waals surface area contributed by atoms with Crippen molar-refractivity contribution in [1.82, 2.24) is 10.5 Å². The van der Waals surface area contributed by atoms with Gasteiger partial charge < -0.3 is 9.26 Å². The van der Waals surface area contributed by atoms with Crippen molar-refractivity contribution in [2.24, 2.45) is 0 Å². The Kier molecular flexibility index (Phi) is 2.74. The molecule has 0 radical (unpaired) electrons. The van der Waals surface area contributed by atoms with Gasteiger partial charge in [0.05, 0.1) is 5.56 Å². The summed E-state index contributed by atoms with van der Waals surface area (Å²) in [5.41, 5.74) is 0.546. The molecule has 0 bridgehead atoms. The summed E-state index contributed by atoms with van der Waals surface area (Å²) in [6.07, 6.45) is 2.45. The van der Waals surface area contributed by atoms with Crippen LogP contribution in [-0.4, -0.2) is 18.3 Å². The van der Waals surface area contributed by atoms with Crippen molar-refractivity contribution in [2.75, 3.05) is 13.2 Å². The summed E-state index contributed by atoms with van der Waals surface area (Å²) in [6.45, 7) is 4.77. The summed E-state index contributed by atoms with van der Waals surface area (Å²) < 4.78 is 10.4. The average Bonchev–Trinajstić information content (AvgIpc) is 2.59. The summed E-state index contributed by atoms with van der Waals surface area (Å²) >= 11 is 6.06. The van der Waals surface area contributed by atoms with E-state index in [2.05, 4.69) is 17.1 Å². The molecule has 1 aromatic heterocycles. The molecule has 0 aromatic carbocycles. The number of fused-ring (bicyclic) bond motifs is 1. The first kappa shape index (κ1) is 9.55. The van der Waals surface area contributed by atoms with Gasteiger partial charge in [0.15, 0.2) is 0 Å². The third-order valence-electron chi connectivity index (χ3n) is 2.04. The van der Waals surface area contributed by atoms with E-state index in [0.29, 0.717) is 12.5 Å². The predicted octanol–water partition coefficient (Wildman–Crippen LogP) is 1.62. The van der Waals surface area contributed by atoms with Crippen molar-refractivity contribution in [3.8, 4) is 5.88 Å². The number of nitrogens with one attached hydrogen (secondary N) is 1. The molecular formula is C9H11ClN2O2. The lowest BCUT2D eigenvalue weighted by Gasteiger charge is -2.16. The zero-order chi connectivity index (χ0) is 9.97. The fourth-order valence-corrected chi connectivity index (χ4v) is 1.72. The summed E-state index contributed by atoms with van der Waals surface area (Å²) in [5.74, 6) is 1.27. The number of hydrogen-bond acceptors (Lipinski definition) is 4. The zero-order valence-electron chi connectivity index (χ0n) is 7.62. The second kappa shape index (κ2) is 4.02. The molecular weight excluding hydrogens is 204 g/mol. The Hall–Kier alpha value is -1.00. The van der Waals surface area contributed by atoms with Crippen LogP contribution in [0.15, 0.2) is 17.2 Å². The van der Waals surface area contributed by atoms with E-state index in [0.717, 1.165) is 24.3 Å². The van der Waals surface area contributed by atoms with Crippen LogP contribution in [0.4, 0.5) is 0 Å². The second-order valence-electron chi connectivity index (χ2n) is 2.99. The molecule has 0 fully saturated rings. The number of nitrogens with zero attached hydrogens (tertiary/aromatic N) is 1. The summed E-state index contributed by atoms with van der Waals surface area (Å²) in [6, 6.07) is 0. The first-order chi connectivity index (χ1) is 6.83. The topological polar surface area (TPSA) is 47.3 Å². The van der Waals surface area contributed by atoms with E-state index in [1.54, 1.807) is 6.08 Å². The minimum Gasteiger partial charge on any atom is -0.471 e. The Morgan fingerprint density at radius 1 is 1.79 bits per heavy atom. The van der Waals surface area contributed by atoms with Gasteiger partial charge >= 0.3 is 0 Å². The Labute approximate surface area is 86.9 Å². The van der Waals surface area contributed by atoms with Gasteiger partial charge in [0.1, 0.15) is 17.9 Å². The number of alkyl halides is 1. The largest absolute Gasteiger partial charge is 0.471 e. The smallest absolute Gasteiger partial charge is 0.260 e. The normalized spacial score (nSPS) is 20.2. The lowest BCUT2D eigenvalue weighted by atomic mass is 10.1. The van der Waals surface area contributed by atoms with Gasteiger partial charge in [0.2, 0.25) is 0 Å². The second-order valence-corrected chi connectivity index (χ2v) is 3.43. The first-order valence-corrected chi connectivity index (χ1v) is 4.86. The van der Waals surface area contributed by atoms with Crippen molar-refractivity contribution in [3.63, 3.8) is 0 Å². The highest BCUT2D eigenvalue weighted by Gasteiger charge is 2.27. The molecule has 76 valence electrons. The monoisotopic (exact) mass is 214 g/mol. The molecule has 0 spiro atoms. The zero-order valence-corrected chi connectivity index (χ0v) is 8.38. The molecule has 5 heteroatoms. The van der Waals surface area contributed by atoms with Crippen LogP contribution in [0, 0.1) is 0 Å². The van der Waals surface area contributed by atoms with Gasteiger partial charge in [0, 0.05) is 13.0 Å². The molecule has 0 amide bonds. The molecule has 2 heterocycles. The summed E-state index contributed by atoms with van der Waals surface area (Å²) in [7, 11) is 0. The van der Waals surface area contributed by atoms with Crippen LogP contribution in [0.3, 0.4) is 0 Å². The average molecular weight is 215 g/mol. The van der Waals surface area contributed by atoms with E-state index < -0.39 is 0 Å². The van der Waals surface area contributed by atoms with Crippen LogP contribution in [0.25, 0.3) is 0 Å². The molecule has 1 atom stereocenters. The Balaban J connectivity index is 2.24. The number of hydrogen-bond donors (Lipinski definition) is 1. The van der Waals surface area contributed by atoms with E-state index in [1.165, 1.54) is 0 Å². The first-order valence-electron chi connectivity index (χ1n) is 4.42. The van der Waals surface area contributed by atoms with E-state index in [9.17, 15) is 0 Å². The van der Waals surface area contributed by atoms with Crippen molar-refractivity contribution >= 4 is 11.6 Å². The van der Waals surface area contributed by atoms with Gasteiger partial charge in [-0.15, -0.1) is 11.6 Å². The molecule has 0 aliphatic carbocycles. The number of rotatable bonds is 3. The molecule has 4 nitrogen and oxygen atoms in total. The van der Waals surface area contributed by atoms with Crippen molar-refractivity contribution in [1.29, 1.82) is 0 Å². The molecule has 0 saturated carbocycles. The Morgan fingerprint density at radius 3 is 3.43 bits per heavy atom. The Bertz CT molecular complexity index is 338. The van der Waals surface area contributed by atoms with Gasteiger partial charge in [-0.1, -0.05) is 12.7 Å². The molecule has 1 aliphatic rings. The van der Waals surface area contributed by atoms with Gasteiger partial charge in [-0.3, -0.25) is 5.32 Å². The maximum absolute atomic E-state index is 6.06. The fourth-order valence-electron chi connectivity index (χ4n) is 1.40. The fraction of sp³-hybridized carbons (Fsp3) is 0.444. The van der Waals surface area contributed by atoms with Crippen molar-refractivity contribution < 1.29 is 9.26 Å². The van der Waals surface area contributed by atoms with Crippen molar-refractivity contribution in [2.45, 2.75) is 11.9 Å². The highest BCUT2D eigenvalue weighted by Crippen LogP contribution is 2.33. The van der Waals surface area contributed by atoms with Crippen LogP contribution >= 0.6 is 11.6 Å². The van der Waals surface area contributed by atoms with Crippen LogP contribution in [-0.2, 0) is 6.42 Å². The van der Waals surface area contributed by atoms with Crippen LogP contribution in [0.1, 0.15) is 16.8 Å². The highest BCUT2D eigenvalue weighted by atomic mass is 35.5. The van der Waals surface area contributed by atoms with Gasteiger partial charge in [-0.2, -0.15) is 0 Å². The van der Waals surface area contributed by atoms with E-state index in [-0.39, 0.29) is 5.50 Å². The lowest BCUT2D eigenvalue weighted by molar-refractivity contribution is 0.303. The molecule has 0 saturated heterocycles. The summed E-state index contributed by atoms with van der Waals surface area (Å²) in [5, 5.41) is 6.92. The molecule has 1 aliphatic heterocycles. The maximum Gasteiger partial charge on any atom is 0.260 e. The van der Waals surface area contributed by atoms with E-state index in [1.807, 2.05) is 0 Å². The number of aromatic nitrogens is 1. The molecule has 1 aromatic rings. The molecule has 2 rings (SSSR count). The standard InChI is InChI=1S/C9H11ClN2O2/c1-2-5-13-9-7-6(14-12-9)3-4-11-8(7)10/h2,8,11H,1,3-5H2. The summed E-state index contributed by atoms with van der Waals surface area (Å²) in [4.78, 5) is 0. The quantitative estimate of drug-likeness (QED) is 0.472. The van der Waals surface area contributed by atoms with Crippen LogP contribution < -0.4 is 10.1 Å². The van der Waals surface area contributed by atoms with Gasteiger partial charge in [-0.05, 0) is 5.16 Å². The minimum atomic E-state index is -0.273. The number of halogens is 1. The maximum atomic E-state index is 6.06. The third-order valence-corrected chi connectivity index (χ3v) is 2.41. The predicted molar refractivity (Wildman–Crippen MR) is 52.5 cm³/mol. The molecule has 1 N–H and O–H groups in total. The molecule has 14 heavy (non-hydrogen) atoms. The SMILES string of the molecule is C=CCOc1noc2c1C(Cl)NCC2. The Morgan fingerprint density at radius 2 is 2.64 bits per heavy atom. The van der Waals surface area contributed by atoms with Crippen molar-refractivity contribution in [3.05, 3.63) is 24.0 Å². The van der Waals surface area contributed by atoms with E-state index >= 15 is 0 Å². The van der Waals surface area contributed by atoms with Gasteiger partial charge in [-0.25, -0.2) is 0 Å². The van der Waals surface area contributed by atoms with Crippen LogP contribution in [0.2, 0.25) is 0 Å². The molecule has 1 unspecified atom stereocenters. The van der Waals surface area contributed by atoms with Gasteiger partial charge in [0.25, 0.3) is 5.88 Å². The third kappa shape index (κ3) is 1.63. The number of ether oxygens (including phenoxy) is 1. The van der Waals surface area contributed by atoms with Crippen LogP contribution in [0.5, 0.6) is 5.88 Å². The van der Waals surface area contributed by atoms with E-state index in [4.69, 9.17) is 20.9 Å². The minimum absolute atomic E-state index is 0.273. The highest BCUT2D eigenvalue weighted by molar-refractivity contribution is 6.20. The lowest BCUT2D eigenvalue weighted by Crippen LogP contribution is -2.25.